The van der Waals surface area contributed by atoms with Crippen LogP contribution in [0.2, 0.25) is 5.02 Å². The minimum absolute atomic E-state index is 0.00837. The fourth-order valence-corrected chi connectivity index (χ4v) is 2.31. The quantitative estimate of drug-likeness (QED) is 0.848. The smallest absolute Gasteiger partial charge is 0.257 e. The third-order valence-electron chi connectivity index (χ3n) is 3.59. The van der Waals surface area contributed by atoms with E-state index >= 15 is 0 Å². The average Bonchev–Trinajstić information content (AvgIpc) is 2.54. The highest BCUT2D eigenvalue weighted by Crippen LogP contribution is 2.21. The summed E-state index contributed by atoms with van der Waals surface area (Å²) < 4.78 is 13.1. The molecule has 24 heavy (non-hydrogen) atoms. The normalized spacial score (nSPS) is 11.7. The molecule has 0 spiro atoms. The molecule has 0 saturated heterocycles. The van der Waals surface area contributed by atoms with Crippen molar-refractivity contribution in [2.24, 2.45) is 0 Å². The number of rotatable bonds is 5. The number of para-hydroxylation sites is 1. The number of hydrogen-bond donors (Lipinski definition) is 2. The van der Waals surface area contributed by atoms with Crippen LogP contribution in [-0.4, -0.2) is 17.9 Å². The van der Waals surface area contributed by atoms with Gasteiger partial charge in [0.25, 0.3) is 11.8 Å². The van der Waals surface area contributed by atoms with Gasteiger partial charge in [-0.05, 0) is 43.7 Å². The van der Waals surface area contributed by atoms with Crippen molar-refractivity contribution in [2.45, 2.75) is 26.3 Å². The van der Waals surface area contributed by atoms with E-state index in [9.17, 15) is 14.0 Å². The molecule has 0 aromatic heterocycles. The molecule has 0 heterocycles. The molecule has 0 fully saturated rings. The molecule has 2 amide bonds. The van der Waals surface area contributed by atoms with Crippen molar-refractivity contribution in [3.05, 3.63) is 64.4 Å². The molecule has 6 heteroatoms. The Morgan fingerprint density at radius 3 is 2.50 bits per heavy atom. The van der Waals surface area contributed by atoms with E-state index in [4.69, 9.17) is 11.6 Å². The van der Waals surface area contributed by atoms with Crippen LogP contribution in [0.25, 0.3) is 0 Å². The van der Waals surface area contributed by atoms with Gasteiger partial charge < -0.3 is 10.6 Å². The monoisotopic (exact) mass is 348 g/mol. The van der Waals surface area contributed by atoms with Gasteiger partial charge in [0.15, 0.2) is 0 Å². The Kier molecular flexibility index (Phi) is 5.93. The average molecular weight is 349 g/mol. The summed E-state index contributed by atoms with van der Waals surface area (Å²) in [6.45, 7) is 3.87. The molecule has 0 aliphatic rings. The maximum atomic E-state index is 13.1. The number of benzene rings is 2. The van der Waals surface area contributed by atoms with E-state index in [0.29, 0.717) is 11.3 Å². The Morgan fingerprint density at radius 1 is 1.12 bits per heavy atom. The summed E-state index contributed by atoms with van der Waals surface area (Å²) in [7, 11) is 0. The first-order chi connectivity index (χ1) is 11.4. The molecular formula is C18H18ClFN2O2. The fourth-order valence-electron chi connectivity index (χ4n) is 2.06. The van der Waals surface area contributed by atoms with Gasteiger partial charge in [0.2, 0.25) is 0 Å². The molecule has 126 valence electrons. The van der Waals surface area contributed by atoms with E-state index in [1.165, 1.54) is 6.07 Å². The molecule has 2 aromatic rings. The molecule has 0 saturated carbocycles. The number of carbonyl (C=O) groups excluding carboxylic acids is 2. The first kappa shape index (κ1) is 17.9. The Hall–Kier alpha value is -2.40. The third kappa shape index (κ3) is 4.32. The van der Waals surface area contributed by atoms with E-state index in [1.54, 1.807) is 24.3 Å². The van der Waals surface area contributed by atoms with Gasteiger partial charge in [0, 0.05) is 6.04 Å². The lowest BCUT2D eigenvalue weighted by Crippen LogP contribution is -2.32. The summed E-state index contributed by atoms with van der Waals surface area (Å²) >= 11 is 5.90. The lowest BCUT2D eigenvalue weighted by molar-refractivity contribution is 0.0940. The Bertz CT molecular complexity index is 764. The van der Waals surface area contributed by atoms with Crippen LogP contribution in [0.1, 0.15) is 41.0 Å². The lowest BCUT2D eigenvalue weighted by atomic mass is 10.1. The van der Waals surface area contributed by atoms with Gasteiger partial charge in [-0.25, -0.2) is 4.39 Å². The van der Waals surface area contributed by atoms with Crippen LogP contribution >= 0.6 is 11.6 Å². The van der Waals surface area contributed by atoms with Crippen molar-refractivity contribution in [1.82, 2.24) is 5.32 Å². The Morgan fingerprint density at radius 2 is 1.83 bits per heavy atom. The van der Waals surface area contributed by atoms with Crippen LogP contribution in [-0.2, 0) is 0 Å². The number of halogens is 2. The van der Waals surface area contributed by atoms with Gasteiger partial charge in [-0.2, -0.15) is 0 Å². The molecule has 2 aromatic carbocycles. The first-order valence-electron chi connectivity index (χ1n) is 7.58. The molecule has 4 nitrogen and oxygen atoms in total. The van der Waals surface area contributed by atoms with E-state index < -0.39 is 11.7 Å². The summed E-state index contributed by atoms with van der Waals surface area (Å²) in [4.78, 5) is 24.7. The number of amides is 2. The van der Waals surface area contributed by atoms with Crippen molar-refractivity contribution < 1.29 is 14.0 Å². The van der Waals surface area contributed by atoms with Crippen molar-refractivity contribution in [3.8, 4) is 0 Å². The number of hydrogen-bond acceptors (Lipinski definition) is 2. The zero-order valence-electron chi connectivity index (χ0n) is 13.4. The number of nitrogens with one attached hydrogen (secondary N) is 2. The zero-order chi connectivity index (χ0) is 17.7. The van der Waals surface area contributed by atoms with Crippen LogP contribution in [0.15, 0.2) is 42.5 Å². The van der Waals surface area contributed by atoms with Crippen LogP contribution < -0.4 is 10.6 Å². The predicted octanol–water partition coefficient (Wildman–Crippen LogP) is 4.26. The summed E-state index contributed by atoms with van der Waals surface area (Å²) in [5.41, 5.74) is 0.850. The summed E-state index contributed by atoms with van der Waals surface area (Å²) in [6.07, 6.45) is 0.797. The summed E-state index contributed by atoms with van der Waals surface area (Å²) in [5, 5.41) is 5.51. The minimum Gasteiger partial charge on any atom is -0.350 e. The van der Waals surface area contributed by atoms with Crippen molar-refractivity contribution in [2.75, 3.05) is 5.32 Å². The van der Waals surface area contributed by atoms with Gasteiger partial charge in [-0.1, -0.05) is 30.7 Å². The van der Waals surface area contributed by atoms with Crippen LogP contribution in [0.4, 0.5) is 10.1 Å². The zero-order valence-corrected chi connectivity index (χ0v) is 14.2. The second kappa shape index (κ2) is 7.93. The van der Waals surface area contributed by atoms with Crippen molar-refractivity contribution >= 4 is 29.1 Å². The molecule has 2 rings (SSSR count). The van der Waals surface area contributed by atoms with Gasteiger partial charge in [-0.15, -0.1) is 0 Å². The largest absolute Gasteiger partial charge is 0.350 e. The summed E-state index contributed by atoms with van der Waals surface area (Å²) in [6, 6.07) is 10.2. The van der Waals surface area contributed by atoms with E-state index in [0.717, 1.165) is 18.6 Å². The van der Waals surface area contributed by atoms with Crippen LogP contribution in [0, 0.1) is 5.82 Å². The molecule has 2 N–H and O–H groups in total. The predicted molar refractivity (Wildman–Crippen MR) is 93.0 cm³/mol. The number of anilines is 1. The van der Waals surface area contributed by atoms with E-state index in [-0.39, 0.29) is 22.5 Å². The lowest BCUT2D eigenvalue weighted by Gasteiger charge is -2.15. The highest BCUT2D eigenvalue weighted by molar-refractivity contribution is 6.34. The maximum absolute atomic E-state index is 13.1. The second-order valence-electron chi connectivity index (χ2n) is 5.41. The molecule has 0 aliphatic heterocycles. The fraction of sp³-hybridized carbons (Fsp3) is 0.222. The van der Waals surface area contributed by atoms with Crippen molar-refractivity contribution in [1.29, 1.82) is 0 Å². The van der Waals surface area contributed by atoms with Gasteiger partial charge in [0.05, 0.1) is 21.8 Å². The topological polar surface area (TPSA) is 58.2 Å². The SMILES string of the molecule is CCC(C)NC(=O)c1ccccc1NC(=O)c1ccc(F)cc1Cl. The molecule has 0 aliphatic carbocycles. The highest BCUT2D eigenvalue weighted by atomic mass is 35.5. The van der Waals surface area contributed by atoms with Gasteiger partial charge >= 0.3 is 0 Å². The Labute approximate surface area is 145 Å². The van der Waals surface area contributed by atoms with E-state index in [2.05, 4.69) is 10.6 Å². The third-order valence-corrected chi connectivity index (χ3v) is 3.90. The number of carbonyl (C=O) groups is 2. The van der Waals surface area contributed by atoms with Crippen LogP contribution in [0.5, 0.6) is 0 Å². The first-order valence-corrected chi connectivity index (χ1v) is 7.96. The second-order valence-corrected chi connectivity index (χ2v) is 5.81. The molecule has 0 radical (unpaired) electrons. The summed E-state index contributed by atoms with van der Waals surface area (Å²) in [5.74, 6) is -1.31. The van der Waals surface area contributed by atoms with Crippen LogP contribution in [0.3, 0.4) is 0 Å². The molecule has 1 atom stereocenters. The van der Waals surface area contributed by atoms with Crippen molar-refractivity contribution in [3.63, 3.8) is 0 Å². The molecular weight excluding hydrogens is 331 g/mol. The maximum Gasteiger partial charge on any atom is 0.257 e. The standard InChI is InChI=1S/C18H18ClFN2O2/c1-3-11(2)21-18(24)14-6-4-5-7-16(14)22-17(23)13-9-8-12(20)10-15(13)19/h4-11H,3H2,1-2H3,(H,21,24)(H,22,23). The van der Waals surface area contributed by atoms with E-state index in [1.807, 2.05) is 13.8 Å². The minimum atomic E-state index is -0.523. The highest BCUT2D eigenvalue weighted by Gasteiger charge is 2.17. The molecule has 1 unspecified atom stereocenters. The molecule has 0 bridgehead atoms. The van der Waals surface area contributed by atoms with Gasteiger partial charge in [-0.3, -0.25) is 9.59 Å². The van der Waals surface area contributed by atoms with Gasteiger partial charge in [0.1, 0.15) is 5.82 Å². The Balaban J connectivity index is 2.23.